The van der Waals surface area contributed by atoms with E-state index in [2.05, 4.69) is 4.98 Å². The largest absolute Gasteiger partial charge is 0.401 e. The maximum Gasteiger partial charge on any atom is 0.401 e. The molecule has 1 heterocycles. The van der Waals surface area contributed by atoms with Crippen molar-refractivity contribution >= 4 is 0 Å². The summed E-state index contributed by atoms with van der Waals surface area (Å²) >= 11 is 0. The lowest BCUT2D eigenvalue weighted by Gasteiger charge is -2.23. The zero-order valence-corrected chi connectivity index (χ0v) is 10.5. The van der Waals surface area contributed by atoms with Crippen LogP contribution in [0.25, 0.3) is 0 Å². The number of hydrogen-bond acceptors (Lipinski definition) is 3. The van der Waals surface area contributed by atoms with Crippen molar-refractivity contribution in [3.8, 4) is 0 Å². The highest BCUT2D eigenvalue weighted by Gasteiger charge is 2.30. The van der Waals surface area contributed by atoms with Gasteiger partial charge in [-0.25, -0.2) is 4.98 Å². The second-order valence-electron chi connectivity index (χ2n) is 4.44. The van der Waals surface area contributed by atoms with E-state index < -0.39 is 12.7 Å². The van der Waals surface area contributed by atoms with Crippen molar-refractivity contribution < 1.29 is 18.3 Å². The maximum atomic E-state index is 12.4. The van der Waals surface area contributed by atoms with E-state index in [0.717, 1.165) is 4.90 Å². The Balaban J connectivity index is 2.73. The van der Waals surface area contributed by atoms with Crippen molar-refractivity contribution in [2.45, 2.75) is 32.6 Å². The predicted octanol–water partition coefficient (Wildman–Crippen LogP) is 1.82. The molecule has 0 aromatic carbocycles. The minimum absolute atomic E-state index is 0.0111. The van der Waals surface area contributed by atoms with Crippen molar-refractivity contribution in [1.29, 1.82) is 0 Å². The van der Waals surface area contributed by atoms with E-state index in [9.17, 15) is 13.2 Å². The fourth-order valence-electron chi connectivity index (χ4n) is 1.76. The molecule has 0 unspecified atom stereocenters. The Hall–Kier alpha value is -1.08. The number of aliphatic hydroxyl groups is 1. The monoisotopic (exact) mass is 265 g/mol. The molecular formula is C11H18F3N3O. The first kappa shape index (κ1) is 15.0. The smallest absolute Gasteiger partial charge is 0.395 e. The quantitative estimate of drug-likeness (QED) is 0.853. The normalized spacial score (nSPS) is 12.7. The number of aliphatic hydroxyl groups excluding tert-OH is 1. The van der Waals surface area contributed by atoms with Crippen LogP contribution in [0.3, 0.4) is 0 Å². The van der Waals surface area contributed by atoms with Crippen LogP contribution >= 0.6 is 0 Å². The van der Waals surface area contributed by atoms with Gasteiger partial charge in [-0.3, -0.25) is 4.90 Å². The molecule has 0 fully saturated rings. The van der Waals surface area contributed by atoms with Crippen LogP contribution in [0.5, 0.6) is 0 Å². The van der Waals surface area contributed by atoms with Gasteiger partial charge in [0, 0.05) is 25.3 Å². The van der Waals surface area contributed by atoms with Gasteiger partial charge >= 0.3 is 6.18 Å². The summed E-state index contributed by atoms with van der Waals surface area (Å²) in [6.07, 6.45) is -1.11. The fraction of sp³-hybridized carbons (Fsp3) is 0.727. The van der Waals surface area contributed by atoms with Crippen molar-refractivity contribution in [2.24, 2.45) is 0 Å². The summed E-state index contributed by atoms with van der Waals surface area (Å²) in [4.78, 5) is 5.11. The number of hydrogen-bond donors (Lipinski definition) is 1. The van der Waals surface area contributed by atoms with Crippen LogP contribution in [0.1, 0.15) is 25.6 Å². The van der Waals surface area contributed by atoms with Gasteiger partial charge in [-0.1, -0.05) is 0 Å². The van der Waals surface area contributed by atoms with Crippen LogP contribution in [-0.2, 0) is 6.54 Å². The molecule has 104 valence electrons. The summed E-state index contributed by atoms with van der Waals surface area (Å²) in [6.45, 7) is 2.65. The lowest BCUT2D eigenvalue weighted by atomic mass is 10.3. The summed E-state index contributed by atoms with van der Waals surface area (Å²) in [6, 6.07) is 0.143. The van der Waals surface area contributed by atoms with Gasteiger partial charge in [-0.2, -0.15) is 13.2 Å². The molecule has 1 aromatic rings. The number of halogens is 3. The third-order valence-corrected chi connectivity index (χ3v) is 2.51. The average molecular weight is 265 g/mol. The van der Waals surface area contributed by atoms with E-state index in [1.807, 2.05) is 18.4 Å². The molecule has 4 nitrogen and oxygen atoms in total. The Morgan fingerprint density at radius 3 is 2.61 bits per heavy atom. The Morgan fingerprint density at radius 2 is 2.11 bits per heavy atom. The van der Waals surface area contributed by atoms with Crippen LogP contribution in [-0.4, -0.2) is 45.4 Å². The van der Waals surface area contributed by atoms with Gasteiger partial charge in [0.2, 0.25) is 0 Å². The molecule has 0 atom stereocenters. The molecule has 1 N–H and O–H groups in total. The molecule has 0 amide bonds. The van der Waals surface area contributed by atoms with Crippen molar-refractivity contribution in [3.63, 3.8) is 0 Å². The average Bonchev–Trinajstić information content (AvgIpc) is 2.63. The third kappa shape index (κ3) is 4.66. The first-order valence-electron chi connectivity index (χ1n) is 5.74. The van der Waals surface area contributed by atoms with Gasteiger partial charge in [0.25, 0.3) is 0 Å². The topological polar surface area (TPSA) is 41.3 Å². The van der Waals surface area contributed by atoms with Gasteiger partial charge in [-0.15, -0.1) is 0 Å². The standard InChI is InChI=1S/C11H18F3N3O/c1-9(2)17-8-15-5-10(17)6-16(3-4-18)7-11(12,13)14/h5,8-9,18H,3-4,6-7H2,1-2H3. The van der Waals surface area contributed by atoms with E-state index in [0.29, 0.717) is 5.69 Å². The lowest BCUT2D eigenvalue weighted by Crippen LogP contribution is -2.36. The molecule has 0 aliphatic carbocycles. The second kappa shape index (κ2) is 6.19. The Morgan fingerprint density at radius 1 is 1.44 bits per heavy atom. The Bertz CT molecular complexity index is 363. The van der Waals surface area contributed by atoms with Gasteiger partial charge in [0.05, 0.1) is 25.2 Å². The van der Waals surface area contributed by atoms with Gasteiger partial charge < -0.3 is 9.67 Å². The number of imidazole rings is 1. The molecule has 0 radical (unpaired) electrons. The Labute approximate surface area is 104 Å². The van der Waals surface area contributed by atoms with E-state index in [1.54, 1.807) is 12.5 Å². The number of alkyl halides is 3. The summed E-state index contributed by atoms with van der Waals surface area (Å²) < 4.78 is 38.9. The van der Waals surface area contributed by atoms with Crippen LogP contribution < -0.4 is 0 Å². The summed E-state index contributed by atoms with van der Waals surface area (Å²) in [7, 11) is 0. The number of nitrogens with zero attached hydrogens (tertiary/aromatic N) is 3. The van der Waals surface area contributed by atoms with Crippen LogP contribution in [0.4, 0.5) is 13.2 Å². The zero-order chi connectivity index (χ0) is 13.8. The van der Waals surface area contributed by atoms with Crippen molar-refractivity contribution in [3.05, 3.63) is 18.2 Å². The van der Waals surface area contributed by atoms with Crippen molar-refractivity contribution in [2.75, 3.05) is 19.7 Å². The molecule has 0 saturated heterocycles. The molecule has 0 saturated carbocycles. The highest BCUT2D eigenvalue weighted by Crippen LogP contribution is 2.18. The van der Waals surface area contributed by atoms with Gasteiger partial charge in [-0.05, 0) is 13.8 Å². The first-order valence-corrected chi connectivity index (χ1v) is 5.74. The summed E-state index contributed by atoms with van der Waals surface area (Å²) in [5.74, 6) is 0. The van der Waals surface area contributed by atoms with Crippen LogP contribution in [0, 0.1) is 0 Å². The predicted molar refractivity (Wildman–Crippen MR) is 61.0 cm³/mol. The van der Waals surface area contributed by atoms with E-state index in [1.165, 1.54) is 0 Å². The molecule has 0 spiro atoms. The molecule has 0 bridgehead atoms. The molecule has 1 rings (SSSR count). The molecule has 7 heteroatoms. The maximum absolute atomic E-state index is 12.4. The summed E-state index contributed by atoms with van der Waals surface area (Å²) in [5, 5.41) is 8.81. The lowest BCUT2D eigenvalue weighted by molar-refractivity contribution is -0.148. The number of aromatic nitrogens is 2. The minimum atomic E-state index is -4.27. The van der Waals surface area contributed by atoms with Crippen LogP contribution in [0.15, 0.2) is 12.5 Å². The first-order chi connectivity index (χ1) is 8.33. The fourth-order valence-corrected chi connectivity index (χ4v) is 1.76. The van der Waals surface area contributed by atoms with Crippen LogP contribution in [0.2, 0.25) is 0 Å². The zero-order valence-electron chi connectivity index (χ0n) is 10.5. The third-order valence-electron chi connectivity index (χ3n) is 2.51. The summed E-state index contributed by atoms with van der Waals surface area (Å²) in [5.41, 5.74) is 0.711. The van der Waals surface area contributed by atoms with Gasteiger partial charge in [0.15, 0.2) is 0 Å². The minimum Gasteiger partial charge on any atom is -0.395 e. The van der Waals surface area contributed by atoms with E-state index >= 15 is 0 Å². The molecule has 0 aliphatic rings. The van der Waals surface area contributed by atoms with E-state index in [-0.39, 0.29) is 25.7 Å². The number of rotatable bonds is 6. The highest BCUT2D eigenvalue weighted by atomic mass is 19.4. The van der Waals surface area contributed by atoms with Gasteiger partial charge in [0.1, 0.15) is 0 Å². The van der Waals surface area contributed by atoms with E-state index in [4.69, 9.17) is 5.11 Å². The highest BCUT2D eigenvalue weighted by molar-refractivity contribution is 5.00. The Kier molecular flexibility index (Phi) is 5.15. The van der Waals surface area contributed by atoms with Crippen molar-refractivity contribution in [1.82, 2.24) is 14.5 Å². The molecular weight excluding hydrogens is 247 g/mol. The molecule has 18 heavy (non-hydrogen) atoms. The second-order valence-corrected chi connectivity index (χ2v) is 4.44. The molecule has 0 aliphatic heterocycles. The molecule has 1 aromatic heterocycles. The SMILES string of the molecule is CC(C)n1cncc1CN(CCO)CC(F)(F)F.